The highest BCUT2D eigenvalue weighted by Gasteiger charge is 2.18. The smallest absolute Gasteiger partial charge is 0.262 e. The second kappa shape index (κ2) is 5.83. The van der Waals surface area contributed by atoms with E-state index in [1.807, 2.05) is 13.0 Å². The summed E-state index contributed by atoms with van der Waals surface area (Å²) >= 11 is 4.94. The minimum Gasteiger partial charge on any atom is -0.389 e. The van der Waals surface area contributed by atoms with E-state index >= 15 is 0 Å². The Balaban J connectivity index is 2.48. The predicted octanol–water partition coefficient (Wildman–Crippen LogP) is 2.74. The summed E-state index contributed by atoms with van der Waals surface area (Å²) in [6.07, 6.45) is 0. The van der Waals surface area contributed by atoms with Crippen molar-refractivity contribution in [2.24, 2.45) is 5.73 Å². The molecule has 110 valence electrons. The Morgan fingerprint density at radius 2 is 1.81 bits per heavy atom. The topological polar surface area (TPSA) is 72.2 Å². The molecule has 0 fully saturated rings. The fourth-order valence-electron chi connectivity index (χ4n) is 1.98. The lowest BCUT2D eigenvalue weighted by Crippen LogP contribution is -2.18. The quantitative estimate of drug-likeness (QED) is 0.850. The van der Waals surface area contributed by atoms with E-state index in [0.717, 1.165) is 5.56 Å². The van der Waals surface area contributed by atoms with Crippen LogP contribution in [0.3, 0.4) is 0 Å². The molecule has 0 aliphatic carbocycles. The lowest BCUT2D eigenvalue weighted by atomic mass is 10.2. The third-order valence-corrected chi connectivity index (χ3v) is 4.80. The van der Waals surface area contributed by atoms with Crippen LogP contribution in [0, 0.1) is 13.8 Å². The molecule has 0 bridgehead atoms. The van der Waals surface area contributed by atoms with Crippen LogP contribution in [-0.2, 0) is 10.0 Å². The van der Waals surface area contributed by atoms with Gasteiger partial charge in [-0.05, 0) is 43.2 Å². The molecule has 0 spiro atoms. The van der Waals surface area contributed by atoms with Crippen LogP contribution in [-0.4, -0.2) is 13.4 Å². The first-order valence-corrected chi connectivity index (χ1v) is 8.19. The second-order valence-corrected chi connectivity index (χ2v) is 6.87. The number of nitrogens with two attached hydrogens (primary N) is 1. The van der Waals surface area contributed by atoms with E-state index in [1.165, 1.54) is 0 Å². The number of para-hydroxylation sites is 1. The van der Waals surface area contributed by atoms with Crippen molar-refractivity contribution in [2.75, 3.05) is 4.72 Å². The van der Waals surface area contributed by atoms with Gasteiger partial charge in [-0.25, -0.2) is 8.42 Å². The third kappa shape index (κ3) is 3.40. The van der Waals surface area contributed by atoms with E-state index in [1.54, 1.807) is 43.3 Å². The van der Waals surface area contributed by atoms with Crippen LogP contribution in [0.5, 0.6) is 0 Å². The monoisotopic (exact) mass is 320 g/mol. The largest absolute Gasteiger partial charge is 0.389 e. The molecule has 0 aromatic heterocycles. The van der Waals surface area contributed by atoms with Gasteiger partial charge in [0.05, 0.1) is 10.6 Å². The van der Waals surface area contributed by atoms with Crippen LogP contribution < -0.4 is 10.5 Å². The maximum Gasteiger partial charge on any atom is 0.262 e. The van der Waals surface area contributed by atoms with Crippen LogP contribution in [0.1, 0.15) is 16.7 Å². The molecule has 2 rings (SSSR count). The van der Waals surface area contributed by atoms with Gasteiger partial charge in [0.2, 0.25) is 0 Å². The Bertz CT molecular complexity index is 799. The Morgan fingerprint density at radius 3 is 2.48 bits per heavy atom. The van der Waals surface area contributed by atoms with E-state index < -0.39 is 10.0 Å². The minimum atomic E-state index is -3.69. The molecule has 0 unspecified atom stereocenters. The molecule has 2 aromatic rings. The molecule has 3 N–H and O–H groups in total. The first-order chi connectivity index (χ1) is 9.81. The number of nitrogens with one attached hydrogen (secondary N) is 1. The van der Waals surface area contributed by atoms with Crippen molar-refractivity contribution in [3.63, 3.8) is 0 Å². The van der Waals surface area contributed by atoms with Crippen LogP contribution >= 0.6 is 12.2 Å². The van der Waals surface area contributed by atoms with Crippen molar-refractivity contribution in [2.45, 2.75) is 18.7 Å². The highest BCUT2D eigenvalue weighted by Crippen LogP contribution is 2.23. The maximum atomic E-state index is 12.6. The number of rotatable bonds is 4. The molecule has 0 saturated heterocycles. The molecule has 0 amide bonds. The van der Waals surface area contributed by atoms with Gasteiger partial charge in [0, 0.05) is 5.56 Å². The third-order valence-electron chi connectivity index (χ3n) is 3.07. The zero-order valence-corrected chi connectivity index (χ0v) is 13.4. The Kier molecular flexibility index (Phi) is 4.29. The predicted molar refractivity (Wildman–Crippen MR) is 89.1 cm³/mol. The summed E-state index contributed by atoms with van der Waals surface area (Å²) in [6.45, 7) is 3.61. The van der Waals surface area contributed by atoms with Crippen LogP contribution in [0.15, 0.2) is 47.4 Å². The van der Waals surface area contributed by atoms with E-state index in [2.05, 4.69) is 4.72 Å². The molecular weight excluding hydrogens is 304 g/mol. The Morgan fingerprint density at radius 1 is 1.14 bits per heavy atom. The van der Waals surface area contributed by atoms with Gasteiger partial charge in [0.25, 0.3) is 10.0 Å². The molecule has 2 aromatic carbocycles. The average Bonchev–Trinajstić information content (AvgIpc) is 2.41. The molecule has 0 radical (unpaired) electrons. The van der Waals surface area contributed by atoms with E-state index in [-0.39, 0.29) is 9.88 Å². The second-order valence-electron chi connectivity index (χ2n) is 4.78. The number of benzene rings is 2. The molecule has 0 atom stereocenters. The van der Waals surface area contributed by atoms with Crippen molar-refractivity contribution in [3.05, 3.63) is 59.2 Å². The number of anilines is 1. The molecule has 0 aliphatic rings. The summed E-state index contributed by atoms with van der Waals surface area (Å²) in [5.74, 6) is 0. The van der Waals surface area contributed by atoms with Crippen molar-refractivity contribution in [1.29, 1.82) is 0 Å². The number of thiocarbonyl (C=S) groups is 1. The fourth-order valence-corrected chi connectivity index (χ4v) is 3.57. The van der Waals surface area contributed by atoms with E-state index in [9.17, 15) is 8.42 Å². The molecule has 0 aliphatic heterocycles. The summed E-state index contributed by atoms with van der Waals surface area (Å²) in [5.41, 5.74) is 8.06. The molecular formula is C15H16N2O2S2. The molecule has 0 saturated carbocycles. The number of hydrogen-bond acceptors (Lipinski definition) is 3. The van der Waals surface area contributed by atoms with Crippen LogP contribution in [0.25, 0.3) is 0 Å². The lowest BCUT2D eigenvalue weighted by molar-refractivity contribution is 0.600. The molecule has 0 heterocycles. The fraction of sp³-hybridized carbons (Fsp3) is 0.133. The summed E-state index contributed by atoms with van der Waals surface area (Å²) < 4.78 is 27.7. The SMILES string of the molecule is Cc1ccc(C)c(S(=O)(=O)Nc2ccccc2C(N)=S)c1. The average molecular weight is 320 g/mol. The van der Waals surface area contributed by atoms with Gasteiger partial charge >= 0.3 is 0 Å². The van der Waals surface area contributed by atoms with Gasteiger partial charge in [-0.3, -0.25) is 4.72 Å². The summed E-state index contributed by atoms with van der Waals surface area (Å²) in [4.78, 5) is 0.398. The van der Waals surface area contributed by atoms with Gasteiger partial charge in [0.1, 0.15) is 4.99 Å². The lowest BCUT2D eigenvalue weighted by Gasteiger charge is -2.13. The standard InChI is InChI=1S/C15H16N2O2S2/c1-10-7-8-11(2)14(9-10)21(18,19)17-13-6-4-3-5-12(13)15(16)20/h3-9,17H,1-2H3,(H2,16,20). The summed E-state index contributed by atoms with van der Waals surface area (Å²) in [6, 6.07) is 12.1. The number of sulfonamides is 1. The van der Waals surface area contributed by atoms with Gasteiger partial charge < -0.3 is 5.73 Å². The first kappa shape index (κ1) is 15.5. The van der Waals surface area contributed by atoms with Gasteiger partial charge in [-0.2, -0.15) is 0 Å². The molecule has 21 heavy (non-hydrogen) atoms. The summed E-state index contributed by atoms with van der Waals surface area (Å²) in [7, 11) is -3.69. The maximum absolute atomic E-state index is 12.6. The van der Waals surface area contributed by atoms with Gasteiger partial charge in [-0.15, -0.1) is 0 Å². The Labute approximate surface area is 130 Å². The first-order valence-electron chi connectivity index (χ1n) is 6.30. The molecule has 4 nitrogen and oxygen atoms in total. The highest BCUT2D eigenvalue weighted by molar-refractivity contribution is 7.92. The zero-order chi connectivity index (χ0) is 15.6. The normalized spacial score (nSPS) is 11.1. The van der Waals surface area contributed by atoms with Gasteiger partial charge in [0.15, 0.2) is 0 Å². The van der Waals surface area contributed by atoms with Crippen molar-refractivity contribution < 1.29 is 8.42 Å². The number of hydrogen-bond donors (Lipinski definition) is 2. The minimum absolute atomic E-state index is 0.147. The van der Waals surface area contributed by atoms with E-state index in [0.29, 0.717) is 16.8 Å². The number of aryl methyl sites for hydroxylation is 2. The van der Waals surface area contributed by atoms with Crippen LogP contribution in [0.2, 0.25) is 0 Å². The Hall–Kier alpha value is -1.92. The van der Waals surface area contributed by atoms with Crippen LogP contribution in [0.4, 0.5) is 5.69 Å². The van der Waals surface area contributed by atoms with E-state index in [4.69, 9.17) is 18.0 Å². The zero-order valence-electron chi connectivity index (χ0n) is 11.8. The van der Waals surface area contributed by atoms with Gasteiger partial charge in [-0.1, -0.05) is 36.5 Å². The molecule has 6 heteroatoms. The van der Waals surface area contributed by atoms with Crippen molar-refractivity contribution in [1.82, 2.24) is 0 Å². The van der Waals surface area contributed by atoms with Crippen molar-refractivity contribution >= 4 is 32.9 Å². The van der Waals surface area contributed by atoms with Crippen molar-refractivity contribution in [3.8, 4) is 0 Å². The highest BCUT2D eigenvalue weighted by atomic mass is 32.2. The summed E-state index contributed by atoms with van der Waals surface area (Å²) in [5, 5.41) is 0.